The molecule has 6 nitrogen and oxygen atoms in total. The molecule has 7 heteroatoms. The summed E-state index contributed by atoms with van der Waals surface area (Å²) < 4.78 is 33.8. The van der Waals surface area contributed by atoms with E-state index < -0.39 is 21.7 Å². The van der Waals surface area contributed by atoms with Crippen molar-refractivity contribution in [3.05, 3.63) is 63.2 Å². The molecule has 0 saturated carbocycles. The van der Waals surface area contributed by atoms with Crippen LogP contribution in [0.2, 0.25) is 0 Å². The van der Waals surface area contributed by atoms with E-state index in [0.717, 1.165) is 31.2 Å². The van der Waals surface area contributed by atoms with Gasteiger partial charge in [0.1, 0.15) is 11.5 Å². The van der Waals surface area contributed by atoms with Gasteiger partial charge in [0.25, 0.3) is 0 Å². The van der Waals surface area contributed by atoms with E-state index >= 15 is 0 Å². The molecule has 0 saturated heterocycles. The average molecular weight is 448 g/mol. The number of rotatable bonds is 9. The fourth-order valence-electron chi connectivity index (χ4n) is 4.27. The Hall–Kier alpha value is -2.12. The summed E-state index contributed by atoms with van der Waals surface area (Å²) in [4.78, 5) is 12.7. The average Bonchev–Trinajstić information content (AvgIpc) is 2.70. The van der Waals surface area contributed by atoms with E-state index in [0.29, 0.717) is 49.8 Å². The smallest absolute Gasteiger partial charge is 0.344 e. The summed E-state index contributed by atoms with van der Waals surface area (Å²) in [5, 5.41) is 11.0. The first-order valence-corrected chi connectivity index (χ1v) is 13.0. The Morgan fingerprint density at radius 2 is 1.81 bits per heavy atom. The van der Waals surface area contributed by atoms with Crippen LogP contribution in [0.1, 0.15) is 80.4 Å². The van der Waals surface area contributed by atoms with Crippen LogP contribution in [0.15, 0.2) is 39.5 Å². The first-order chi connectivity index (χ1) is 14.9. The van der Waals surface area contributed by atoms with Crippen molar-refractivity contribution in [2.75, 3.05) is 5.75 Å². The van der Waals surface area contributed by atoms with Crippen LogP contribution >= 0.6 is 0 Å². The number of hydrogen-bond donors (Lipinski definition) is 2. The minimum atomic E-state index is -3.63. The van der Waals surface area contributed by atoms with Gasteiger partial charge >= 0.3 is 5.63 Å². The van der Waals surface area contributed by atoms with Crippen molar-refractivity contribution in [1.82, 2.24) is 4.72 Å². The van der Waals surface area contributed by atoms with E-state index in [2.05, 4.69) is 4.72 Å². The fourth-order valence-corrected chi connectivity index (χ4v) is 5.58. The van der Waals surface area contributed by atoms with Crippen LogP contribution in [0, 0.1) is 0 Å². The summed E-state index contributed by atoms with van der Waals surface area (Å²) in [6.07, 6.45) is 7.45. The minimum absolute atomic E-state index is 0.0425. The third kappa shape index (κ3) is 6.43. The maximum atomic E-state index is 12.8. The van der Waals surface area contributed by atoms with Crippen molar-refractivity contribution in [1.29, 1.82) is 0 Å². The molecule has 1 unspecified atom stereocenters. The highest BCUT2D eigenvalue weighted by atomic mass is 32.2. The van der Waals surface area contributed by atoms with Crippen molar-refractivity contribution in [3.63, 3.8) is 0 Å². The molecule has 0 fully saturated rings. The molecule has 1 aromatic heterocycles. The zero-order valence-electron chi connectivity index (χ0n) is 18.2. The number of aryl methyl sites for hydroxylation is 2. The van der Waals surface area contributed by atoms with Crippen LogP contribution in [0.5, 0.6) is 5.75 Å². The largest absolute Gasteiger partial charge is 0.507 e. The zero-order chi connectivity index (χ0) is 22.3. The molecular weight excluding hydrogens is 414 g/mol. The highest BCUT2D eigenvalue weighted by molar-refractivity contribution is 7.89. The predicted molar refractivity (Wildman–Crippen MR) is 122 cm³/mol. The van der Waals surface area contributed by atoms with Crippen LogP contribution < -0.4 is 10.3 Å². The van der Waals surface area contributed by atoms with Gasteiger partial charge in [-0.25, -0.2) is 17.9 Å². The van der Waals surface area contributed by atoms with Gasteiger partial charge in [0.05, 0.1) is 17.4 Å². The van der Waals surface area contributed by atoms with Crippen molar-refractivity contribution in [2.24, 2.45) is 0 Å². The molecular formula is C24H33NO5S. The molecule has 0 radical (unpaired) electrons. The lowest BCUT2D eigenvalue weighted by atomic mass is 9.94. The Morgan fingerprint density at radius 1 is 1.10 bits per heavy atom. The standard InChI is InChI=1S/C24H33NO5S/c1-2-11-20(25-31(28,29)17-10-14-18-12-6-5-7-13-18)22-23(26)19-15-8-3-4-9-16-21(19)30-24(22)27/h5-7,12-13,20,25-26H,2-4,8-11,14-17H2,1H3. The normalized spacial score (nSPS) is 15.6. The van der Waals surface area contributed by atoms with Crippen LogP contribution in [0.25, 0.3) is 0 Å². The molecule has 0 aliphatic heterocycles. The van der Waals surface area contributed by atoms with E-state index in [9.17, 15) is 18.3 Å². The Balaban J connectivity index is 1.79. The maximum Gasteiger partial charge on any atom is 0.344 e. The molecule has 1 aliphatic carbocycles. The van der Waals surface area contributed by atoms with E-state index in [-0.39, 0.29) is 17.1 Å². The maximum absolute atomic E-state index is 12.8. The highest BCUT2D eigenvalue weighted by Crippen LogP contribution is 2.33. The summed E-state index contributed by atoms with van der Waals surface area (Å²) >= 11 is 0. The van der Waals surface area contributed by atoms with Crippen LogP contribution in [0.4, 0.5) is 0 Å². The third-order valence-corrected chi connectivity index (χ3v) is 7.33. The van der Waals surface area contributed by atoms with Gasteiger partial charge < -0.3 is 9.52 Å². The Morgan fingerprint density at radius 3 is 2.52 bits per heavy atom. The minimum Gasteiger partial charge on any atom is -0.507 e. The Kier molecular flexibility index (Phi) is 8.32. The van der Waals surface area contributed by atoms with Gasteiger partial charge in [0.2, 0.25) is 10.0 Å². The van der Waals surface area contributed by atoms with Gasteiger partial charge in [-0.2, -0.15) is 0 Å². The second kappa shape index (κ2) is 11.0. The molecule has 0 spiro atoms. The second-order valence-electron chi connectivity index (χ2n) is 8.33. The molecule has 170 valence electrons. The van der Waals surface area contributed by atoms with Gasteiger partial charge in [0, 0.05) is 12.0 Å². The molecule has 3 rings (SSSR count). The van der Waals surface area contributed by atoms with Gasteiger partial charge in [-0.15, -0.1) is 0 Å². The van der Waals surface area contributed by atoms with Crippen LogP contribution in [-0.2, 0) is 29.3 Å². The van der Waals surface area contributed by atoms with E-state index in [4.69, 9.17) is 4.42 Å². The monoisotopic (exact) mass is 447 g/mol. The van der Waals surface area contributed by atoms with Crippen molar-refractivity contribution >= 4 is 10.0 Å². The Labute approximate surface area is 184 Å². The predicted octanol–water partition coefficient (Wildman–Crippen LogP) is 4.40. The SMILES string of the molecule is CCCC(NS(=O)(=O)CCCc1ccccc1)c1c(O)c2c(oc1=O)CCCCCC2. The van der Waals surface area contributed by atoms with Gasteiger partial charge in [-0.1, -0.05) is 56.5 Å². The zero-order valence-corrected chi connectivity index (χ0v) is 19.0. The molecule has 1 heterocycles. The second-order valence-corrected chi connectivity index (χ2v) is 10.2. The van der Waals surface area contributed by atoms with Crippen molar-refractivity contribution in [3.8, 4) is 5.75 Å². The highest BCUT2D eigenvalue weighted by Gasteiger charge is 2.28. The van der Waals surface area contributed by atoms with E-state index in [1.54, 1.807) is 0 Å². The topological polar surface area (TPSA) is 96.6 Å². The molecule has 1 atom stereocenters. The fraction of sp³-hybridized carbons (Fsp3) is 0.542. The van der Waals surface area contributed by atoms with Gasteiger partial charge in [-0.05, 0) is 44.1 Å². The summed E-state index contributed by atoms with van der Waals surface area (Å²) in [5.74, 6) is 0.421. The summed E-state index contributed by atoms with van der Waals surface area (Å²) in [5.41, 5.74) is 1.16. The first kappa shape index (κ1) is 23.5. The quantitative estimate of drug-likeness (QED) is 0.594. The number of sulfonamides is 1. The van der Waals surface area contributed by atoms with Gasteiger partial charge in [0.15, 0.2) is 0 Å². The molecule has 0 bridgehead atoms. The molecule has 0 amide bonds. The molecule has 1 aromatic carbocycles. The summed E-state index contributed by atoms with van der Waals surface area (Å²) in [6, 6.07) is 8.95. The van der Waals surface area contributed by atoms with Gasteiger partial charge in [-0.3, -0.25) is 0 Å². The van der Waals surface area contributed by atoms with E-state index in [1.807, 2.05) is 37.3 Å². The number of aromatic hydroxyl groups is 1. The number of benzene rings is 1. The first-order valence-electron chi connectivity index (χ1n) is 11.3. The molecule has 2 N–H and O–H groups in total. The lowest BCUT2D eigenvalue weighted by molar-refractivity contribution is 0.375. The lowest BCUT2D eigenvalue weighted by Gasteiger charge is -2.21. The number of nitrogens with one attached hydrogen (secondary N) is 1. The van der Waals surface area contributed by atoms with Crippen molar-refractivity contribution in [2.45, 2.75) is 77.2 Å². The lowest BCUT2D eigenvalue weighted by Crippen LogP contribution is -2.34. The van der Waals surface area contributed by atoms with Crippen molar-refractivity contribution < 1.29 is 17.9 Å². The summed E-state index contributed by atoms with van der Waals surface area (Å²) in [6.45, 7) is 1.92. The van der Waals surface area contributed by atoms with E-state index in [1.165, 1.54) is 0 Å². The molecule has 1 aliphatic rings. The van der Waals surface area contributed by atoms with Crippen LogP contribution in [0.3, 0.4) is 0 Å². The Bertz CT molecular complexity index is 1010. The third-order valence-electron chi connectivity index (χ3n) is 5.86. The molecule has 31 heavy (non-hydrogen) atoms. The number of hydrogen-bond acceptors (Lipinski definition) is 5. The van der Waals surface area contributed by atoms with Crippen LogP contribution in [-0.4, -0.2) is 19.3 Å². The molecule has 2 aromatic rings. The summed E-state index contributed by atoms with van der Waals surface area (Å²) in [7, 11) is -3.63. The number of fused-ring (bicyclic) bond motifs is 1.